The van der Waals surface area contributed by atoms with Gasteiger partial charge in [-0.3, -0.25) is 0 Å². The van der Waals surface area contributed by atoms with E-state index in [1.165, 1.54) is 12.8 Å². The lowest BCUT2D eigenvalue weighted by atomic mass is 9.60. The zero-order chi connectivity index (χ0) is 17.7. The number of rotatable bonds is 3. The van der Waals surface area contributed by atoms with Gasteiger partial charge in [-0.15, -0.1) is 0 Å². The molecule has 6 nitrogen and oxygen atoms in total. The number of allylic oxidation sites excluding steroid dienone is 2. The van der Waals surface area contributed by atoms with E-state index in [1.54, 1.807) is 11.8 Å². The zero-order valence-electron chi connectivity index (χ0n) is 14.9. The standard InChI is InChI=1S/C20H26N4O2/c21-16-1-2-18(22-10-16)23-17-3-4-24(11-17)20(25)26-19-14-6-12-5-13(8-14)9-15(19)7-12/h1-2,5,10,12,14-15,17,19H,3-4,6-9,11,21H2,(H,22,23)/t12?,14?,15?,17-,19?/m1/s1. The van der Waals surface area contributed by atoms with Crippen LogP contribution in [0.3, 0.4) is 0 Å². The van der Waals surface area contributed by atoms with Crippen molar-refractivity contribution in [2.45, 2.75) is 44.2 Å². The first-order valence-electron chi connectivity index (χ1n) is 9.77. The fourth-order valence-corrected chi connectivity index (χ4v) is 5.42. The summed E-state index contributed by atoms with van der Waals surface area (Å²) in [6.07, 6.45) is 9.70. The van der Waals surface area contributed by atoms with E-state index >= 15 is 0 Å². The molecular formula is C20H26N4O2. The summed E-state index contributed by atoms with van der Waals surface area (Å²) in [6.45, 7) is 1.40. The highest BCUT2D eigenvalue weighted by Gasteiger charge is 2.47. The molecule has 2 saturated carbocycles. The first-order valence-corrected chi connectivity index (χ1v) is 9.77. The van der Waals surface area contributed by atoms with Crippen molar-refractivity contribution in [2.75, 3.05) is 24.1 Å². The minimum absolute atomic E-state index is 0.127. The summed E-state index contributed by atoms with van der Waals surface area (Å²) in [5.41, 5.74) is 7.93. The lowest BCUT2D eigenvalue weighted by Gasteiger charge is -2.49. The van der Waals surface area contributed by atoms with Crippen LogP contribution in [0.2, 0.25) is 0 Å². The number of anilines is 2. The maximum atomic E-state index is 12.7. The average molecular weight is 354 g/mol. The summed E-state index contributed by atoms with van der Waals surface area (Å²) in [7, 11) is 0. The van der Waals surface area contributed by atoms with Crippen molar-refractivity contribution in [1.29, 1.82) is 0 Å². The molecule has 4 bridgehead atoms. The van der Waals surface area contributed by atoms with E-state index in [4.69, 9.17) is 10.5 Å². The van der Waals surface area contributed by atoms with Crippen molar-refractivity contribution >= 4 is 17.6 Å². The van der Waals surface area contributed by atoms with Gasteiger partial charge in [-0.25, -0.2) is 9.78 Å². The number of nitrogens with zero attached hydrogens (tertiary/aromatic N) is 2. The maximum absolute atomic E-state index is 12.7. The van der Waals surface area contributed by atoms with Gasteiger partial charge in [-0.2, -0.15) is 0 Å². The van der Waals surface area contributed by atoms with Gasteiger partial charge in [0.25, 0.3) is 0 Å². The Balaban J connectivity index is 1.17. The van der Waals surface area contributed by atoms with Crippen LogP contribution in [-0.4, -0.2) is 41.2 Å². The molecule has 3 atom stereocenters. The number of carbonyl (C=O) groups is 1. The topological polar surface area (TPSA) is 80.5 Å². The highest BCUT2D eigenvalue weighted by molar-refractivity contribution is 5.68. The van der Waals surface area contributed by atoms with E-state index in [0.717, 1.165) is 37.5 Å². The summed E-state index contributed by atoms with van der Waals surface area (Å²) in [5, 5.41) is 3.38. The second-order valence-electron chi connectivity index (χ2n) is 8.39. The van der Waals surface area contributed by atoms with Gasteiger partial charge in [-0.1, -0.05) is 11.6 Å². The lowest BCUT2D eigenvalue weighted by Crippen LogP contribution is -2.48. The molecule has 1 amide bonds. The third-order valence-corrected chi connectivity index (χ3v) is 6.48. The number of likely N-dealkylation sites (tertiary alicyclic amines) is 1. The molecule has 26 heavy (non-hydrogen) atoms. The van der Waals surface area contributed by atoms with Gasteiger partial charge in [0.05, 0.1) is 11.9 Å². The van der Waals surface area contributed by atoms with Crippen LogP contribution in [-0.2, 0) is 4.74 Å². The quantitative estimate of drug-likeness (QED) is 0.816. The van der Waals surface area contributed by atoms with Crippen LogP contribution in [0.15, 0.2) is 30.0 Å². The van der Waals surface area contributed by atoms with Crippen molar-refractivity contribution < 1.29 is 9.53 Å². The fourth-order valence-electron chi connectivity index (χ4n) is 5.42. The molecule has 3 N–H and O–H groups in total. The molecule has 4 aliphatic carbocycles. The fraction of sp³-hybridized carbons (Fsp3) is 0.600. The normalized spacial score (nSPS) is 34.7. The second-order valence-corrected chi connectivity index (χ2v) is 8.39. The van der Waals surface area contributed by atoms with Gasteiger partial charge in [0.2, 0.25) is 0 Å². The van der Waals surface area contributed by atoms with Crippen LogP contribution in [0, 0.1) is 17.8 Å². The predicted octanol–water partition coefficient (Wildman–Crippen LogP) is 3.03. The van der Waals surface area contributed by atoms with Crippen LogP contribution >= 0.6 is 0 Å². The molecule has 3 fully saturated rings. The largest absolute Gasteiger partial charge is 0.445 e. The molecule has 0 radical (unpaired) electrons. The van der Waals surface area contributed by atoms with Crippen LogP contribution in [0.25, 0.3) is 0 Å². The number of aromatic nitrogens is 1. The molecule has 6 heteroatoms. The Morgan fingerprint density at radius 1 is 1.27 bits per heavy atom. The van der Waals surface area contributed by atoms with Crippen molar-refractivity contribution in [3.8, 4) is 0 Å². The highest BCUT2D eigenvalue weighted by Crippen LogP contribution is 2.51. The van der Waals surface area contributed by atoms with Crippen LogP contribution < -0.4 is 11.1 Å². The summed E-state index contributed by atoms with van der Waals surface area (Å²) in [6, 6.07) is 3.92. The molecule has 1 aliphatic heterocycles. The summed E-state index contributed by atoms with van der Waals surface area (Å²) in [4.78, 5) is 18.8. The van der Waals surface area contributed by atoms with E-state index in [1.807, 2.05) is 17.0 Å². The zero-order valence-corrected chi connectivity index (χ0v) is 14.9. The van der Waals surface area contributed by atoms with Gasteiger partial charge in [-0.05, 0) is 50.2 Å². The highest BCUT2D eigenvalue weighted by atomic mass is 16.6. The van der Waals surface area contributed by atoms with Gasteiger partial charge >= 0.3 is 6.09 Å². The van der Waals surface area contributed by atoms with E-state index in [9.17, 15) is 4.79 Å². The van der Waals surface area contributed by atoms with Gasteiger partial charge in [0.15, 0.2) is 0 Å². The molecule has 1 aromatic heterocycles. The third kappa shape index (κ3) is 2.91. The summed E-state index contributed by atoms with van der Waals surface area (Å²) < 4.78 is 6.03. The first-order chi connectivity index (χ1) is 12.6. The number of nitrogen functional groups attached to an aromatic ring is 1. The SMILES string of the molecule is Nc1ccc(N[C@@H]2CCN(C(=O)OC3C4CC5=CC(C4)CC3C5)C2)nc1. The van der Waals surface area contributed by atoms with E-state index in [0.29, 0.717) is 24.1 Å². The molecule has 0 spiro atoms. The van der Waals surface area contributed by atoms with Crippen molar-refractivity contribution in [3.63, 3.8) is 0 Å². The number of hydrogen-bond donors (Lipinski definition) is 2. The number of nitrogens with one attached hydrogen (secondary N) is 1. The Bertz CT molecular complexity index is 714. The molecule has 5 aliphatic rings. The first kappa shape index (κ1) is 16.0. The Kier molecular flexibility index (Phi) is 3.80. The smallest absolute Gasteiger partial charge is 0.410 e. The Hall–Kier alpha value is -2.24. The van der Waals surface area contributed by atoms with Gasteiger partial charge in [0.1, 0.15) is 11.9 Å². The van der Waals surface area contributed by atoms with E-state index < -0.39 is 0 Å². The Morgan fingerprint density at radius 2 is 2.08 bits per heavy atom. The monoisotopic (exact) mass is 354 g/mol. The molecule has 2 heterocycles. The summed E-state index contributed by atoms with van der Waals surface area (Å²) >= 11 is 0. The van der Waals surface area contributed by atoms with E-state index in [-0.39, 0.29) is 18.2 Å². The molecule has 2 unspecified atom stereocenters. The number of nitrogens with two attached hydrogens (primary N) is 1. The predicted molar refractivity (Wildman–Crippen MR) is 99.5 cm³/mol. The molecule has 1 saturated heterocycles. The molecule has 0 aromatic carbocycles. The molecule has 138 valence electrons. The Morgan fingerprint density at radius 3 is 2.77 bits per heavy atom. The number of hydrogen-bond acceptors (Lipinski definition) is 5. The number of carbonyl (C=O) groups excluding carboxylic acids is 1. The number of ether oxygens (including phenoxy) is 1. The van der Waals surface area contributed by atoms with Gasteiger partial charge < -0.3 is 20.7 Å². The molecule has 1 aromatic rings. The maximum Gasteiger partial charge on any atom is 0.410 e. The van der Waals surface area contributed by atoms with Gasteiger partial charge in [0, 0.05) is 31.0 Å². The minimum atomic E-state index is -0.133. The van der Waals surface area contributed by atoms with Crippen LogP contribution in [0.5, 0.6) is 0 Å². The van der Waals surface area contributed by atoms with Crippen LogP contribution in [0.4, 0.5) is 16.3 Å². The lowest BCUT2D eigenvalue weighted by molar-refractivity contribution is -0.0431. The van der Waals surface area contributed by atoms with Crippen molar-refractivity contribution in [3.05, 3.63) is 30.0 Å². The number of amides is 1. The third-order valence-electron chi connectivity index (χ3n) is 6.48. The average Bonchev–Trinajstić information content (AvgIpc) is 3.08. The number of pyridine rings is 1. The van der Waals surface area contributed by atoms with E-state index in [2.05, 4.69) is 16.4 Å². The molecule has 6 rings (SSSR count). The minimum Gasteiger partial charge on any atom is -0.445 e. The van der Waals surface area contributed by atoms with Crippen LogP contribution in [0.1, 0.15) is 32.1 Å². The second kappa shape index (κ2) is 6.18. The Labute approximate surface area is 153 Å². The molecular weight excluding hydrogens is 328 g/mol. The van der Waals surface area contributed by atoms with Crippen molar-refractivity contribution in [2.24, 2.45) is 17.8 Å². The summed E-state index contributed by atoms with van der Waals surface area (Å²) in [5.74, 6) is 2.64. The van der Waals surface area contributed by atoms with Crippen molar-refractivity contribution in [1.82, 2.24) is 9.88 Å².